The van der Waals surface area contributed by atoms with Crippen molar-refractivity contribution >= 4 is 0 Å². The molecule has 3 N–H and O–H groups in total. The van der Waals surface area contributed by atoms with Crippen molar-refractivity contribution in [2.75, 3.05) is 32.8 Å². The van der Waals surface area contributed by atoms with Gasteiger partial charge in [-0.3, -0.25) is 0 Å². The molecule has 0 aromatic carbocycles. The summed E-state index contributed by atoms with van der Waals surface area (Å²) in [4.78, 5) is 2.49. The normalized spacial score (nSPS) is 32.6. The van der Waals surface area contributed by atoms with Crippen LogP contribution in [0.5, 0.6) is 0 Å². The lowest BCUT2D eigenvalue weighted by Gasteiger charge is -2.39. The van der Waals surface area contributed by atoms with Crippen molar-refractivity contribution in [2.45, 2.75) is 38.3 Å². The molecule has 0 spiro atoms. The van der Waals surface area contributed by atoms with Crippen LogP contribution in [0, 0.1) is 11.8 Å². The molecule has 4 nitrogen and oxygen atoms in total. The van der Waals surface area contributed by atoms with Crippen molar-refractivity contribution in [3.05, 3.63) is 0 Å². The second kappa shape index (κ2) is 6.14. The lowest BCUT2D eigenvalue weighted by Crippen LogP contribution is -2.52. The number of aliphatic hydroxyl groups is 2. The average molecular weight is 242 g/mol. The van der Waals surface area contributed by atoms with Gasteiger partial charge in [0.25, 0.3) is 0 Å². The fourth-order valence-corrected chi connectivity index (χ4v) is 2.81. The van der Waals surface area contributed by atoms with Crippen LogP contribution in [0.2, 0.25) is 0 Å². The summed E-state index contributed by atoms with van der Waals surface area (Å²) in [5.41, 5.74) is 0. The minimum atomic E-state index is -0.226. The third-order valence-corrected chi connectivity index (χ3v) is 4.00. The fraction of sp³-hybridized carbons (Fsp3) is 1.00. The zero-order valence-corrected chi connectivity index (χ0v) is 10.8. The summed E-state index contributed by atoms with van der Waals surface area (Å²) in [6, 6.07) is 0.425. The Balaban J connectivity index is 1.84. The summed E-state index contributed by atoms with van der Waals surface area (Å²) in [6.45, 7) is 6.05. The van der Waals surface area contributed by atoms with Crippen molar-refractivity contribution in [1.82, 2.24) is 10.2 Å². The van der Waals surface area contributed by atoms with Gasteiger partial charge in [-0.25, -0.2) is 0 Å². The number of hydrogen-bond acceptors (Lipinski definition) is 4. The number of aliphatic hydroxyl groups excluding tert-OH is 2. The van der Waals surface area contributed by atoms with E-state index in [1.807, 2.05) is 6.92 Å². The third-order valence-electron chi connectivity index (χ3n) is 4.00. The predicted octanol–water partition coefficient (Wildman–Crippen LogP) is 0.0496. The molecule has 0 bridgehead atoms. The number of rotatable bonds is 6. The standard InChI is InChI=1S/C13H26N2O2/c1-10(17)12-6-13(14-4-5-16)9-15(8-12)7-11-2-3-11/h10-14,16-17H,2-9H2,1H3. The Morgan fingerprint density at radius 1 is 1.35 bits per heavy atom. The molecule has 1 aliphatic carbocycles. The van der Waals surface area contributed by atoms with Gasteiger partial charge in [0, 0.05) is 32.2 Å². The maximum absolute atomic E-state index is 9.78. The van der Waals surface area contributed by atoms with Crippen LogP contribution >= 0.6 is 0 Å². The molecule has 2 aliphatic rings. The molecule has 3 atom stereocenters. The Morgan fingerprint density at radius 3 is 2.71 bits per heavy atom. The highest BCUT2D eigenvalue weighted by molar-refractivity contribution is 4.88. The van der Waals surface area contributed by atoms with Crippen molar-refractivity contribution in [1.29, 1.82) is 0 Å². The molecule has 3 unspecified atom stereocenters. The highest BCUT2D eigenvalue weighted by Crippen LogP contribution is 2.31. The van der Waals surface area contributed by atoms with Gasteiger partial charge in [-0.2, -0.15) is 0 Å². The van der Waals surface area contributed by atoms with Gasteiger partial charge in [0.1, 0.15) is 0 Å². The number of nitrogens with one attached hydrogen (secondary N) is 1. The maximum Gasteiger partial charge on any atom is 0.0556 e. The van der Waals surface area contributed by atoms with Gasteiger partial charge >= 0.3 is 0 Å². The molecule has 4 heteroatoms. The van der Waals surface area contributed by atoms with E-state index >= 15 is 0 Å². The predicted molar refractivity (Wildman–Crippen MR) is 67.8 cm³/mol. The first-order chi connectivity index (χ1) is 8.19. The Kier molecular flexibility index (Phi) is 4.79. The molecule has 1 heterocycles. The average Bonchev–Trinajstić information content (AvgIpc) is 3.10. The van der Waals surface area contributed by atoms with E-state index in [1.54, 1.807) is 0 Å². The minimum Gasteiger partial charge on any atom is -0.395 e. The lowest BCUT2D eigenvalue weighted by atomic mass is 9.90. The van der Waals surface area contributed by atoms with Crippen LogP contribution in [0.3, 0.4) is 0 Å². The van der Waals surface area contributed by atoms with Crippen LogP contribution in [0.1, 0.15) is 26.2 Å². The molecule has 0 aromatic rings. The second-order valence-electron chi connectivity index (χ2n) is 5.77. The summed E-state index contributed by atoms with van der Waals surface area (Å²) < 4.78 is 0. The quantitative estimate of drug-likeness (QED) is 0.616. The summed E-state index contributed by atoms with van der Waals surface area (Å²) in [7, 11) is 0. The van der Waals surface area contributed by atoms with E-state index in [-0.39, 0.29) is 12.7 Å². The van der Waals surface area contributed by atoms with Gasteiger partial charge in [-0.1, -0.05) is 0 Å². The molecule has 1 saturated heterocycles. The number of piperidine rings is 1. The molecule has 0 radical (unpaired) electrons. The monoisotopic (exact) mass is 242 g/mol. The van der Waals surface area contributed by atoms with Gasteiger partial charge in [0.15, 0.2) is 0 Å². The van der Waals surface area contributed by atoms with Crippen molar-refractivity contribution in [3.8, 4) is 0 Å². The van der Waals surface area contributed by atoms with Gasteiger partial charge in [0.05, 0.1) is 12.7 Å². The molecular formula is C13H26N2O2. The van der Waals surface area contributed by atoms with Crippen LogP contribution in [0.4, 0.5) is 0 Å². The molecular weight excluding hydrogens is 216 g/mol. The van der Waals surface area contributed by atoms with Crippen LogP contribution in [-0.4, -0.2) is 60.0 Å². The van der Waals surface area contributed by atoms with Gasteiger partial charge in [-0.05, 0) is 38.0 Å². The van der Waals surface area contributed by atoms with Crippen LogP contribution < -0.4 is 5.32 Å². The van der Waals surface area contributed by atoms with Crippen molar-refractivity contribution in [2.24, 2.45) is 11.8 Å². The smallest absolute Gasteiger partial charge is 0.0556 e. The van der Waals surface area contributed by atoms with Crippen LogP contribution in [0.15, 0.2) is 0 Å². The summed E-state index contributed by atoms with van der Waals surface area (Å²) in [5.74, 6) is 1.28. The molecule has 1 saturated carbocycles. The Labute approximate surface area is 104 Å². The third kappa shape index (κ3) is 4.21. The molecule has 100 valence electrons. The number of nitrogens with zero attached hydrogens (tertiary/aromatic N) is 1. The van der Waals surface area contributed by atoms with E-state index in [0.29, 0.717) is 18.5 Å². The van der Waals surface area contributed by atoms with Gasteiger partial charge in [-0.15, -0.1) is 0 Å². The Bertz CT molecular complexity index is 231. The molecule has 1 aliphatic heterocycles. The zero-order chi connectivity index (χ0) is 12.3. The summed E-state index contributed by atoms with van der Waals surface area (Å²) in [6.07, 6.45) is 3.56. The molecule has 2 rings (SSSR count). The Hall–Kier alpha value is -0.160. The van der Waals surface area contributed by atoms with E-state index in [1.165, 1.54) is 19.4 Å². The minimum absolute atomic E-state index is 0.193. The number of hydrogen-bond donors (Lipinski definition) is 3. The molecule has 17 heavy (non-hydrogen) atoms. The van der Waals surface area contributed by atoms with Gasteiger partial charge in [0.2, 0.25) is 0 Å². The largest absolute Gasteiger partial charge is 0.395 e. The topological polar surface area (TPSA) is 55.7 Å². The SMILES string of the molecule is CC(O)C1CC(NCCO)CN(CC2CC2)C1. The van der Waals surface area contributed by atoms with E-state index in [4.69, 9.17) is 5.11 Å². The second-order valence-corrected chi connectivity index (χ2v) is 5.77. The first-order valence-electron chi connectivity index (χ1n) is 6.93. The van der Waals surface area contributed by atoms with Crippen molar-refractivity contribution in [3.63, 3.8) is 0 Å². The Morgan fingerprint density at radius 2 is 2.12 bits per heavy atom. The van der Waals surface area contributed by atoms with Crippen molar-refractivity contribution < 1.29 is 10.2 Å². The fourth-order valence-electron chi connectivity index (χ4n) is 2.81. The number of likely N-dealkylation sites (tertiary alicyclic amines) is 1. The zero-order valence-electron chi connectivity index (χ0n) is 10.8. The summed E-state index contributed by atoms with van der Waals surface area (Å²) >= 11 is 0. The van der Waals surface area contributed by atoms with E-state index < -0.39 is 0 Å². The van der Waals surface area contributed by atoms with Crippen LogP contribution in [-0.2, 0) is 0 Å². The van der Waals surface area contributed by atoms with Gasteiger partial charge < -0.3 is 20.4 Å². The molecule has 2 fully saturated rings. The molecule has 0 amide bonds. The highest BCUT2D eigenvalue weighted by Gasteiger charge is 2.32. The maximum atomic E-state index is 9.78. The van der Waals surface area contributed by atoms with E-state index in [9.17, 15) is 5.11 Å². The first-order valence-corrected chi connectivity index (χ1v) is 6.93. The van der Waals surface area contributed by atoms with E-state index in [0.717, 1.165) is 25.4 Å². The van der Waals surface area contributed by atoms with E-state index in [2.05, 4.69) is 10.2 Å². The highest BCUT2D eigenvalue weighted by atomic mass is 16.3. The molecule has 0 aromatic heterocycles. The first kappa shape index (κ1) is 13.3. The lowest BCUT2D eigenvalue weighted by molar-refractivity contribution is 0.0454. The summed E-state index contributed by atoms with van der Waals surface area (Å²) in [5, 5.41) is 22.0. The van der Waals surface area contributed by atoms with Crippen LogP contribution in [0.25, 0.3) is 0 Å².